The van der Waals surface area contributed by atoms with Crippen LogP contribution in [0, 0.1) is 0 Å². The number of pyridine rings is 3. The minimum Gasteiger partial charge on any atom is -0.545 e. The van der Waals surface area contributed by atoms with Gasteiger partial charge in [0.1, 0.15) is 5.76 Å². The fourth-order valence-corrected chi connectivity index (χ4v) is 2.77. The first-order valence-electron chi connectivity index (χ1n) is 8.43. The Morgan fingerprint density at radius 1 is 0.759 bits per heavy atom. The smallest absolute Gasteiger partial charge is 0.134 e. The summed E-state index contributed by atoms with van der Waals surface area (Å²) in [7, 11) is 0. The summed E-state index contributed by atoms with van der Waals surface area (Å²) in [6, 6.07) is 12.2. The number of aromatic carboxylic acids is 2. The van der Waals surface area contributed by atoms with Gasteiger partial charge in [-0.25, -0.2) is 4.98 Å². The van der Waals surface area contributed by atoms with Crippen molar-refractivity contribution in [3.8, 4) is 34.1 Å². The highest BCUT2D eigenvalue weighted by Gasteiger charge is 2.13. The van der Waals surface area contributed by atoms with Crippen molar-refractivity contribution < 1.29 is 24.2 Å². The number of carbonyl (C=O) groups excluding carboxylic acids is 2. The lowest BCUT2D eigenvalue weighted by atomic mass is 10.1. The molecule has 4 heterocycles. The number of hydrogen-bond acceptors (Lipinski definition) is 8. The molecule has 0 fully saturated rings. The van der Waals surface area contributed by atoms with Gasteiger partial charge in [-0.15, -0.1) is 0 Å². The first kappa shape index (κ1) is 18.1. The van der Waals surface area contributed by atoms with E-state index in [4.69, 9.17) is 4.42 Å². The van der Waals surface area contributed by atoms with Crippen LogP contribution in [0.3, 0.4) is 0 Å². The molecule has 0 radical (unpaired) electrons. The van der Waals surface area contributed by atoms with Crippen LogP contribution in [0.4, 0.5) is 0 Å². The first-order valence-corrected chi connectivity index (χ1v) is 8.43. The van der Waals surface area contributed by atoms with E-state index in [9.17, 15) is 19.8 Å². The third-order valence-corrected chi connectivity index (χ3v) is 4.15. The van der Waals surface area contributed by atoms with Crippen molar-refractivity contribution in [3.05, 3.63) is 78.3 Å². The second-order valence-electron chi connectivity index (χ2n) is 6.04. The highest BCUT2D eigenvalue weighted by atomic mass is 16.4. The number of carboxylic acids is 2. The van der Waals surface area contributed by atoms with Crippen LogP contribution in [0.1, 0.15) is 20.7 Å². The number of nitrogens with zero attached hydrogens (tertiary/aromatic N) is 3. The number of carbonyl (C=O) groups is 2. The van der Waals surface area contributed by atoms with E-state index in [0.29, 0.717) is 34.1 Å². The number of furan rings is 1. The summed E-state index contributed by atoms with van der Waals surface area (Å²) in [6.07, 6.45) is 4.20. The van der Waals surface area contributed by atoms with Crippen LogP contribution in [0.5, 0.6) is 0 Å². The molecule has 0 amide bonds. The molecule has 0 bridgehead atoms. The van der Waals surface area contributed by atoms with E-state index in [1.807, 2.05) is 0 Å². The number of hydrogen-bond donors (Lipinski definition) is 0. The Kier molecular flexibility index (Phi) is 4.58. The monoisotopic (exact) mass is 385 g/mol. The number of carboxylic acid groups (broad SMARTS) is 2. The first-order chi connectivity index (χ1) is 14.0. The third-order valence-electron chi connectivity index (χ3n) is 4.15. The van der Waals surface area contributed by atoms with Gasteiger partial charge in [0, 0.05) is 29.1 Å². The van der Waals surface area contributed by atoms with E-state index in [2.05, 4.69) is 15.0 Å². The summed E-state index contributed by atoms with van der Waals surface area (Å²) in [5, 5.41) is 22.4. The van der Waals surface area contributed by atoms with Crippen molar-refractivity contribution in [2.24, 2.45) is 0 Å². The third kappa shape index (κ3) is 3.72. The zero-order valence-electron chi connectivity index (χ0n) is 14.7. The Morgan fingerprint density at radius 2 is 1.31 bits per heavy atom. The van der Waals surface area contributed by atoms with Crippen LogP contribution in [0.25, 0.3) is 34.1 Å². The number of rotatable bonds is 5. The molecule has 0 atom stereocenters. The highest BCUT2D eigenvalue weighted by Crippen LogP contribution is 2.29. The van der Waals surface area contributed by atoms with Crippen LogP contribution in [0.15, 0.2) is 71.6 Å². The summed E-state index contributed by atoms with van der Waals surface area (Å²) in [5.41, 5.74) is 1.87. The molecule has 0 aliphatic carbocycles. The average molecular weight is 385 g/mol. The van der Waals surface area contributed by atoms with Gasteiger partial charge in [0.05, 0.1) is 41.0 Å². The van der Waals surface area contributed by atoms with Gasteiger partial charge in [-0.3, -0.25) is 9.97 Å². The Bertz CT molecular complexity index is 1140. The molecule has 0 saturated heterocycles. The van der Waals surface area contributed by atoms with Crippen LogP contribution in [-0.4, -0.2) is 26.9 Å². The molecule has 0 aromatic carbocycles. The van der Waals surface area contributed by atoms with Gasteiger partial charge >= 0.3 is 0 Å². The quantitative estimate of drug-likeness (QED) is 0.500. The molecule has 0 aliphatic rings. The van der Waals surface area contributed by atoms with Crippen LogP contribution in [0.2, 0.25) is 0 Å². The highest BCUT2D eigenvalue weighted by molar-refractivity contribution is 5.88. The molecule has 0 aliphatic heterocycles. The van der Waals surface area contributed by atoms with Gasteiger partial charge in [0.2, 0.25) is 0 Å². The van der Waals surface area contributed by atoms with E-state index in [-0.39, 0.29) is 11.1 Å². The van der Waals surface area contributed by atoms with Crippen molar-refractivity contribution in [2.45, 2.75) is 0 Å². The Morgan fingerprint density at radius 3 is 1.76 bits per heavy atom. The summed E-state index contributed by atoms with van der Waals surface area (Å²) < 4.78 is 5.45. The lowest BCUT2D eigenvalue weighted by molar-refractivity contribution is -0.256. The predicted molar refractivity (Wildman–Crippen MR) is 97.1 cm³/mol. The second-order valence-corrected chi connectivity index (χ2v) is 6.04. The van der Waals surface area contributed by atoms with Gasteiger partial charge in [-0.2, -0.15) is 0 Å². The topological polar surface area (TPSA) is 132 Å². The van der Waals surface area contributed by atoms with E-state index < -0.39 is 11.9 Å². The molecule has 4 rings (SSSR count). The van der Waals surface area contributed by atoms with Crippen molar-refractivity contribution >= 4 is 11.9 Å². The maximum atomic E-state index is 11.2. The van der Waals surface area contributed by atoms with Crippen LogP contribution < -0.4 is 10.2 Å². The largest absolute Gasteiger partial charge is 0.545 e. The molecule has 4 aromatic heterocycles. The summed E-state index contributed by atoms with van der Waals surface area (Å²) in [6.45, 7) is 0. The summed E-state index contributed by atoms with van der Waals surface area (Å²) in [4.78, 5) is 35.2. The normalized spacial score (nSPS) is 10.6. The maximum Gasteiger partial charge on any atom is 0.134 e. The van der Waals surface area contributed by atoms with Gasteiger partial charge < -0.3 is 24.2 Å². The van der Waals surface area contributed by atoms with Gasteiger partial charge in [-0.1, -0.05) is 0 Å². The lowest BCUT2D eigenvalue weighted by Gasteiger charge is -2.10. The van der Waals surface area contributed by atoms with Crippen molar-refractivity contribution in [1.82, 2.24) is 15.0 Å². The fraction of sp³-hybridized carbons (Fsp3) is 0. The molecular formula is C21H11N3O5-2. The molecule has 8 heteroatoms. The SMILES string of the molecule is O=C([O-])c1ccnc(-c2cc(-c3ccco3)cc(-c3cc(C(=O)[O-])ccn3)n2)c1. The minimum absolute atomic E-state index is 0.0428. The minimum atomic E-state index is -1.33. The standard InChI is InChI=1S/C21H13N3O5/c25-20(26)12-3-5-22-15(8-12)17-10-14(19-2-1-7-29-19)11-18(24-17)16-9-13(21(27)28)4-6-23-16/h1-11H,(H,25,26)(H,27,28)/p-2. The Balaban J connectivity index is 1.91. The average Bonchev–Trinajstić information content (AvgIpc) is 3.28. The maximum absolute atomic E-state index is 11.2. The molecule has 29 heavy (non-hydrogen) atoms. The van der Waals surface area contributed by atoms with Crippen LogP contribution in [-0.2, 0) is 0 Å². The zero-order valence-corrected chi connectivity index (χ0v) is 14.7. The van der Waals surface area contributed by atoms with Gasteiger partial charge in [0.15, 0.2) is 0 Å². The van der Waals surface area contributed by atoms with Crippen molar-refractivity contribution in [3.63, 3.8) is 0 Å². The van der Waals surface area contributed by atoms with Gasteiger partial charge in [-0.05, 0) is 48.5 Å². The van der Waals surface area contributed by atoms with Crippen molar-refractivity contribution in [1.29, 1.82) is 0 Å². The molecule has 0 spiro atoms. The Labute approximate surface area is 164 Å². The molecule has 0 N–H and O–H groups in total. The Hall–Kier alpha value is -4.33. The van der Waals surface area contributed by atoms with E-state index in [1.165, 1.54) is 42.9 Å². The molecule has 0 unspecified atom stereocenters. The lowest BCUT2D eigenvalue weighted by Crippen LogP contribution is -2.22. The van der Waals surface area contributed by atoms with Crippen LogP contribution >= 0.6 is 0 Å². The summed E-state index contributed by atoms with van der Waals surface area (Å²) in [5.74, 6) is -2.12. The van der Waals surface area contributed by atoms with E-state index in [0.717, 1.165) is 0 Å². The van der Waals surface area contributed by atoms with Gasteiger partial charge in [0.25, 0.3) is 0 Å². The van der Waals surface area contributed by atoms with Crippen molar-refractivity contribution in [2.75, 3.05) is 0 Å². The molecule has 0 saturated carbocycles. The number of aromatic nitrogens is 3. The van der Waals surface area contributed by atoms with E-state index >= 15 is 0 Å². The zero-order chi connectivity index (χ0) is 20.4. The predicted octanol–water partition coefficient (Wildman–Crippen LogP) is 1.19. The molecule has 4 aromatic rings. The molecule has 142 valence electrons. The fourth-order valence-electron chi connectivity index (χ4n) is 2.77. The molecule has 8 nitrogen and oxygen atoms in total. The summed E-state index contributed by atoms with van der Waals surface area (Å²) >= 11 is 0. The second kappa shape index (κ2) is 7.35. The molecular weight excluding hydrogens is 374 g/mol. The van der Waals surface area contributed by atoms with E-state index in [1.54, 1.807) is 24.3 Å².